The molecule has 1 amide bonds. The highest BCUT2D eigenvalue weighted by molar-refractivity contribution is 5.68. The summed E-state index contributed by atoms with van der Waals surface area (Å²) in [4.78, 5) is 12.8. The Balaban J connectivity index is 1.53. The Labute approximate surface area is 118 Å². The Morgan fingerprint density at radius 3 is 2.81 bits per heavy atom. The van der Waals surface area contributed by atoms with Crippen molar-refractivity contribution in [3.8, 4) is 0 Å². The minimum Gasteiger partial charge on any atom is -0.440 e. The monoisotopic (exact) mass is 304 g/mol. The highest BCUT2D eigenvalue weighted by atomic mass is 19.4. The fourth-order valence-corrected chi connectivity index (χ4v) is 2.39. The molecule has 2 fully saturated rings. The van der Waals surface area contributed by atoms with Crippen LogP contribution in [0.15, 0.2) is 6.20 Å². The predicted octanol–water partition coefficient (Wildman–Crippen LogP) is 2.10. The second-order valence-electron chi connectivity index (χ2n) is 5.46. The number of halogens is 3. The van der Waals surface area contributed by atoms with E-state index in [1.807, 2.05) is 6.20 Å². The van der Waals surface area contributed by atoms with Gasteiger partial charge in [-0.05, 0) is 19.3 Å². The Kier molecular flexibility index (Phi) is 3.50. The van der Waals surface area contributed by atoms with Crippen LogP contribution in [0.4, 0.5) is 18.0 Å². The Morgan fingerprint density at radius 1 is 1.38 bits per heavy atom. The average molecular weight is 304 g/mol. The molecule has 0 radical (unpaired) electrons. The van der Waals surface area contributed by atoms with Crippen molar-refractivity contribution >= 4 is 6.09 Å². The molecule has 21 heavy (non-hydrogen) atoms. The maximum absolute atomic E-state index is 12.0. The fourth-order valence-electron chi connectivity index (χ4n) is 2.39. The van der Waals surface area contributed by atoms with E-state index in [2.05, 4.69) is 15.0 Å². The molecule has 3 rings (SSSR count). The molecular weight excluding hydrogens is 289 g/mol. The molecule has 1 saturated carbocycles. The third kappa shape index (κ3) is 3.45. The lowest BCUT2D eigenvalue weighted by atomic mass is 10.2. The summed E-state index contributed by atoms with van der Waals surface area (Å²) in [6.07, 6.45) is -0.683. The number of likely N-dealkylation sites (tertiary alicyclic amines) is 1. The lowest BCUT2D eigenvalue weighted by Gasteiger charge is -2.17. The number of aromatic nitrogens is 3. The van der Waals surface area contributed by atoms with Crippen molar-refractivity contribution in [3.63, 3.8) is 0 Å². The summed E-state index contributed by atoms with van der Waals surface area (Å²) in [6.45, 7) is -0.897. The highest BCUT2D eigenvalue weighted by Crippen LogP contribution is 2.39. The second-order valence-corrected chi connectivity index (χ2v) is 5.46. The van der Waals surface area contributed by atoms with Crippen molar-refractivity contribution in [2.75, 3.05) is 19.7 Å². The van der Waals surface area contributed by atoms with Gasteiger partial charge in [0.05, 0.1) is 11.7 Å². The van der Waals surface area contributed by atoms with Gasteiger partial charge >= 0.3 is 12.3 Å². The maximum Gasteiger partial charge on any atom is 0.422 e. The first-order chi connectivity index (χ1) is 9.92. The smallest absolute Gasteiger partial charge is 0.422 e. The summed E-state index contributed by atoms with van der Waals surface area (Å²) in [5, 5.41) is 8.14. The lowest BCUT2D eigenvalue weighted by molar-refractivity contribution is -0.162. The second kappa shape index (κ2) is 5.19. The van der Waals surface area contributed by atoms with Gasteiger partial charge in [-0.2, -0.15) is 13.2 Å². The molecular formula is C12H15F3N4O2. The van der Waals surface area contributed by atoms with Crippen molar-refractivity contribution in [1.82, 2.24) is 19.9 Å². The van der Waals surface area contributed by atoms with E-state index >= 15 is 0 Å². The van der Waals surface area contributed by atoms with Crippen molar-refractivity contribution in [3.05, 3.63) is 11.9 Å². The predicted molar refractivity (Wildman–Crippen MR) is 64.6 cm³/mol. The first kappa shape index (κ1) is 14.2. The highest BCUT2D eigenvalue weighted by Gasteiger charge is 2.34. The Bertz CT molecular complexity index is 527. The van der Waals surface area contributed by atoms with Crippen LogP contribution >= 0.6 is 0 Å². The van der Waals surface area contributed by atoms with Crippen LogP contribution in [0.5, 0.6) is 0 Å². The Hall–Kier alpha value is -1.80. The van der Waals surface area contributed by atoms with Gasteiger partial charge in [0, 0.05) is 25.2 Å². The minimum atomic E-state index is -4.50. The quantitative estimate of drug-likeness (QED) is 0.858. The van der Waals surface area contributed by atoms with E-state index < -0.39 is 18.9 Å². The average Bonchev–Trinajstić information content (AvgIpc) is 2.96. The lowest BCUT2D eigenvalue weighted by Crippen LogP contribution is -2.32. The van der Waals surface area contributed by atoms with Gasteiger partial charge in [0.15, 0.2) is 6.61 Å². The zero-order valence-electron chi connectivity index (χ0n) is 11.2. The van der Waals surface area contributed by atoms with E-state index in [-0.39, 0.29) is 6.04 Å². The van der Waals surface area contributed by atoms with Crippen LogP contribution in [-0.2, 0) is 4.74 Å². The van der Waals surface area contributed by atoms with Crippen LogP contribution < -0.4 is 0 Å². The SMILES string of the molecule is O=C(OCC(F)(F)F)N1CCC(n2cc(C3CC3)nn2)C1. The van der Waals surface area contributed by atoms with Crippen molar-refractivity contribution in [1.29, 1.82) is 0 Å². The largest absolute Gasteiger partial charge is 0.440 e. The molecule has 6 nitrogen and oxygen atoms in total. The molecule has 0 aromatic carbocycles. The Morgan fingerprint density at radius 2 is 2.14 bits per heavy atom. The van der Waals surface area contributed by atoms with Gasteiger partial charge in [0.25, 0.3) is 0 Å². The summed E-state index contributed by atoms with van der Waals surface area (Å²) in [7, 11) is 0. The molecule has 9 heteroatoms. The number of rotatable bonds is 3. The number of hydrogen-bond acceptors (Lipinski definition) is 4. The molecule has 1 aromatic rings. The van der Waals surface area contributed by atoms with Gasteiger partial charge in [0.1, 0.15) is 0 Å². The van der Waals surface area contributed by atoms with Crippen LogP contribution in [-0.4, -0.2) is 51.9 Å². The molecule has 1 atom stereocenters. The van der Waals surface area contributed by atoms with Crippen LogP contribution in [0.1, 0.15) is 36.9 Å². The third-order valence-corrected chi connectivity index (χ3v) is 3.68. The number of ether oxygens (including phenoxy) is 1. The van der Waals surface area contributed by atoms with Crippen LogP contribution in [0.2, 0.25) is 0 Å². The van der Waals surface area contributed by atoms with Crippen LogP contribution in [0.3, 0.4) is 0 Å². The standard InChI is InChI=1S/C12H15F3N4O2/c13-12(14,15)7-21-11(20)18-4-3-9(5-18)19-6-10(16-17-19)8-1-2-8/h6,8-9H,1-5,7H2. The zero-order chi connectivity index (χ0) is 15.0. The van der Waals surface area contributed by atoms with E-state index in [0.29, 0.717) is 25.4 Å². The molecule has 1 aliphatic carbocycles. The van der Waals surface area contributed by atoms with E-state index in [9.17, 15) is 18.0 Å². The summed E-state index contributed by atoms with van der Waals surface area (Å²) < 4.78 is 42.0. The van der Waals surface area contributed by atoms with Crippen molar-refractivity contribution < 1.29 is 22.7 Å². The van der Waals surface area contributed by atoms with Gasteiger partial charge < -0.3 is 9.64 Å². The van der Waals surface area contributed by atoms with Gasteiger partial charge in [-0.25, -0.2) is 9.48 Å². The first-order valence-electron chi connectivity index (χ1n) is 6.82. The molecule has 1 unspecified atom stereocenters. The fraction of sp³-hybridized carbons (Fsp3) is 0.750. The maximum atomic E-state index is 12.0. The normalized spacial score (nSPS) is 22.6. The summed E-state index contributed by atoms with van der Waals surface area (Å²) in [5.41, 5.74) is 0.952. The number of hydrogen-bond donors (Lipinski definition) is 0. The summed E-state index contributed by atoms with van der Waals surface area (Å²) in [6, 6.07) is -0.0524. The molecule has 2 aliphatic rings. The van der Waals surface area contributed by atoms with E-state index in [1.54, 1.807) is 4.68 Å². The van der Waals surface area contributed by atoms with Gasteiger partial charge in [-0.1, -0.05) is 5.21 Å². The van der Waals surface area contributed by atoms with Crippen molar-refractivity contribution in [2.24, 2.45) is 0 Å². The number of nitrogens with zero attached hydrogens (tertiary/aromatic N) is 4. The number of carbonyl (C=O) groups excluding carboxylic acids is 1. The van der Waals surface area contributed by atoms with Crippen molar-refractivity contribution in [2.45, 2.75) is 37.4 Å². The molecule has 1 aromatic heterocycles. The van der Waals surface area contributed by atoms with Crippen LogP contribution in [0, 0.1) is 0 Å². The molecule has 1 saturated heterocycles. The molecule has 0 N–H and O–H groups in total. The number of alkyl halides is 3. The minimum absolute atomic E-state index is 0.0524. The number of carbonyl (C=O) groups is 1. The van der Waals surface area contributed by atoms with E-state index in [0.717, 1.165) is 18.5 Å². The summed E-state index contributed by atoms with van der Waals surface area (Å²) in [5.74, 6) is 0.494. The molecule has 2 heterocycles. The molecule has 116 valence electrons. The van der Waals surface area contributed by atoms with Crippen LogP contribution in [0.25, 0.3) is 0 Å². The summed E-state index contributed by atoms with van der Waals surface area (Å²) >= 11 is 0. The third-order valence-electron chi connectivity index (χ3n) is 3.68. The topological polar surface area (TPSA) is 60.2 Å². The zero-order valence-corrected chi connectivity index (χ0v) is 11.2. The van der Waals surface area contributed by atoms with Gasteiger partial charge in [-0.3, -0.25) is 0 Å². The van der Waals surface area contributed by atoms with E-state index in [1.165, 1.54) is 4.90 Å². The first-order valence-corrected chi connectivity index (χ1v) is 6.82. The molecule has 0 bridgehead atoms. The molecule has 0 spiro atoms. The van der Waals surface area contributed by atoms with E-state index in [4.69, 9.17) is 0 Å². The number of amides is 1. The van der Waals surface area contributed by atoms with Gasteiger partial charge in [-0.15, -0.1) is 5.10 Å². The van der Waals surface area contributed by atoms with Gasteiger partial charge in [0.2, 0.25) is 0 Å². The molecule has 1 aliphatic heterocycles.